The van der Waals surface area contributed by atoms with Crippen molar-refractivity contribution in [3.63, 3.8) is 0 Å². The SMILES string of the molecule is O=C1CCC/C(=N/Nc2ccc(Cl)c(Cl)c2)C1. The number of carbonyl (C=O) groups is 1. The van der Waals surface area contributed by atoms with E-state index in [9.17, 15) is 4.79 Å². The zero-order chi connectivity index (χ0) is 12.3. The average Bonchev–Trinajstić information content (AvgIpc) is 2.31. The third kappa shape index (κ3) is 3.45. The van der Waals surface area contributed by atoms with E-state index < -0.39 is 0 Å². The molecule has 0 bridgehead atoms. The van der Waals surface area contributed by atoms with Crippen molar-refractivity contribution >= 4 is 40.4 Å². The Kier molecular flexibility index (Phi) is 4.02. The lowest BCUT2D eigenvalue weighted by Crippen LogP contribution is -2.15. The first-order valence-electron chi connectivity index (χ1n) is 5.43. The molecule has 1 fully saturated rings. The van der Waals surface area contributed by atoms with Gasteiger partial charge in [-0.3, -0.25) is 10.2 Å². The van der Waals surface area contributed by atoms with E-state index >= 15 is 0 Å². The van der Waals surface area contributed by atoms with E-state index in [-0.39, 0.29) is 5.78 Å². The molecule has 5 heteroatoms. The molecule has 1 aliphatic rings. The summed E-state index contributed by atoms with van der Waals surface area (Å²) in [5.74, 6) is 0.255. The van der Waals surface area contributed by atoms with Gasteiger partial charge < -0.3 is 0 Å². The monoisotopic (exact) mass is 270 g/mol. The predicted molar refractivity (Wildman–Crippen MR) is 71.0 cm³/mol. The van der Waals surface area contributed by atoms with Gasteiger partial charge in [0.2, 0.25) is 0 Å². The molecule has 17 heavy (non-hydrogen) atoms. The van der Waals surface area contributed by atoms with Crippen LogP contribution >= 0.6 is 23.2 Å². The van der Waals surface area contributed by atoms with E-state index in [2.05, 4.69) is 10.5 Å². The summed E-state index contributed by atoms with van der Waals surface area (Å²) in [6.07, 6.45) is 2.89. The number of carbonyl (C=O) groups excluding carboxylic acids is 1. The average molecular weight is 271 g/mol. The molecule has 1 aromatic rings. The Morgan fingerprint density at radius 3 is 2.71 bits per heavy atom. The van der Waals surface area contributed by atoms with Gasteiger partial charge in [0, 0.05) is 18.6 Å². The molecular formula is C12H12Cl2N2O. The van der Waals surface area contributed by atoms with Crippen LogP contribution < -0.4 is 5.43 Å². The summed E-state index contributed by atoms with van der Waals surface area (Å²) in [5, 5.41) is 5.21. The number of hydrogen-bond donors (Lipinski definition) is 1. The summed E-state index contributed by atoms with van der Waals surface area (Å²) in [6.45, 7) is 0. The summed E-state index contributed by atoms with van der Waals surface area (Å²) in [7, 11) is 0. The molecule has 0 saturated heterocycles. The third-order valence-corrected chi connectivity index (χ3v) is 3.32. The maximum atomic E-state index is 11.2. The molecule has 3 nitrogen and oxygen atoms in total. The molecule has 2 rings (SSSR count). The standard InChI is InChI=1S/C12H12Cl2N2O/c13-11-5-4-9(7-12(11)14)16-15-8-2-1-3-10(17)6-8/h4-5,7,16H,1-3,6H2/b15-8-. The molecule has 0 heterocycles. The van der Waals surface area contributed by atoms with Crippen molar-refractivity contribution in [2.75, 3.05) is 5.43 Å². The van der Waals surface area contributed by atoms with Crippen molar-refractivity contribution in [3.8, 4) is 0 Å². The smallest absolute Gasteiger partial charge is 0.138 e. The van der Waals surface area contributed by atoms with Gasteiger partial charge in [0.1, 0.15) is 5.78 Å². The van der Waals surface area contributed by atoms with E-state index in [4.69, 9.17) is 23.2 Å². The number of Topliss-reactive ketones (excluding diaryl/α,β-unsaturated/α-hetero) is 1. The molecule has 1 aromatic carbocycles. The number of nitrogens with one attached hydrogen (secondary N) is 1. The zero-order valence-corrected chi connectivity index (χ0v) is 10.7. The number of ketones is 1. The number of rotatable bonds is 2. The highest BCUT2D eigenvalue weighted by atomic mass is 35.5. The van der Waals surface area contributed by atoms with Gasteiger partial charge in [-0.1, -0.05) is 23.2 Å². The molecule has 1 N–H and O–H groups in total. The molecule has 0 aliphatic heterocycles. The van der Waals surface area contributed by atoms with Gasteiger partial charge in [-0.2, -0.15) is 5.10 Å². The van der Waals surface area contributed by atoms with Crippen LogP contribution in [0, 0.1) is 0 Å². The van der Waals surface area contributed by atoms with Crippen LogP contribution in [0.4, 0.5) is 5.69 Å². The minimum Gasteiger partial charge on any atom is -0.299 e. The van der Waals surface area contributed by atoms with E-state index in [0.29, 0.717) is 22.9 Å². The predicted octanol–water partition coefficient (Wildman–Crippen LogP) is 3.90. The number of hydrogen-bond acceptors (Lipinski definition) is 3. The number of hydrazone groups is 1. The molecule has 90 valence electrons. The van der Waals surface area contributed by atoms with E-state index in [1.165, 1.54) is 0 Å². The van der Waals surface area contributed by atoms with Crippen LogP contribution in [0.1, 0.15) is 25.7 Å². The molecule has 1 saturated carbocycles. The van der Waals surface area contributed by atoms with Gasteiger partial charge >= 0.3 is 0 Å². The molecular weight excluding hydrogens is 259 g/mol. The van der Waals surface area contributed by atoms with Crippen molar-refractivity contribution in [3.05, 3.63) is 28.2 Å². The van der Waals surface area contributed by atoms with E-state index in [1.807, 2.05) is 0 Å². The van der Waals surface area contributed by atoms with Gasteiger partial charge in [-0.05, 0) is 31.0 Å². The van der Waals surface area contributed by atoms with Crippen LogP contribution in [0.5, 0.6) is 0 Å². The van der Waals surface area contributed by atoms with Crippen molar-refractivity contribution in [2.45, 2.75) is 25.7 Å². The minimum atomic E-state index is 0.255. The van der Waals surface area contributed by atoms with Gasteiger partial charge in [0.15, 0.2) is 0 Å². The van der Waals surface area contributed by atoms with Crippen LogP contribution in [-0.4, -0.2) is 11.5 Å². The largest absolute Gasteiger partial charge is 0.299 e. The first-order valence-corrected chi connectivity index (χ1v) is 6.19. The third-order valence-electron chi connectivity index (χ3n) is 2.58. The first kappa shape index (κ1) is 12.4. The number of nitrogens with zero attached hydrogens (tertiary/aromatic N) is 1. The van der Waals surface area contributed by atoms with E-state index in [1.54, 1.807) is 18.2 Å². The second-order valence-corrected chi connectivity index (χ2v) is 4.80. The lowest BCUT2D eigenvalue weighted by Gasteiger charge is -2.12. The maximum absolute atomic E-state index is 11.2. The van der Waals surface area contributed by atoms with Crippen LogP contribution in [0.3, 0.4) is 0 Å². The number of halogens is 2. The fraction of sp³-hybridized carbons (Fsp3) is 0.333. The summed E-state index contributed by atoms with van der Waals surface area (Å²) in [5.41, 5.74) is 4.56. The lowest BCUT2D eigenvalue weighted by molar-refractivity contribution is -0.118. The van der Waals surface area contributed by atoms with Crippen LogP contribution in [0.15, 0.2) is 23.3 Å². The highest BCUT2D eigenvalue weighted by Gasteiger charge is 2.14. The first-order chi connectivity index (χ1) is 8.15. The Labute approximate surface area is 110 Å². The summed E-state index contributed by atoms with van der Waals surface area (Å²) in [6, 6.07) is 5.21. The summed E-state index contributed by atoms with van der Waals surface area (Å²) >= 11 is 11.7. The normalized spacial score (nSPS) is 18.5. The highest BCUT2D eigenvalue weighted by molar-refractivity contribution is 6.42. The Bertz CT molecular complexity index is 472. The summed E-state index contributed by atoms with van der Waals surface area (Å²) in [4.78, 5) is 11.2. The van der Waals surface area contributed by atoms with Crippen molar-refractivity contribution in [2.24, 2.45) is 5.10 Å². The van der Waals surface area contributed by atoms with Gasteiger partial charge in [0.05, 0.1) is 15.7 Å². The van der Waals surface area contributed by atoms with Crippen LogP contribution in [0.2, 0.25) is 10.0 Å². The van der Waals surface area contributed by atoms with Gasteiger partial charge in [-0.25, -0.2) is 0 Å². The molecule has 0 radical (unpaired) electrons. The van der Waals surface area contributed by atoms with E-state index in [0.717, 1.165) is 24.2 Å². The second kappa shape index (κ2) is 5.52. The Morgan fingerprint density at radius 2 is 2.00 bits per heavy atom. The lowest BCUT2D eigenvalue weighted by atomic mass is 9.97. The topological polar surface area (TPSA) is 41.5 Å². The molecule has 0 amide bonds. The van der Waals surface area contributed by atoms with Crippen LogP contribution in [0.25, 0.3) is 0 Å². The highest BCUT2D eigenvalue weighted by Crippen LogP contribution is 2.25. The number of anilines is 1. The minimum absolute atomic E-state index is 0.255. The Balaban J connectivity index is 2.03. The molecule has 0 atom stereocenters. The Morgan fingerprint density at radius 1 is 1.18 bits per heavy atom. The number of benzene rings is 1. The summed E-state index contributed by atoms with van der Waals surface area (Å²) < 4.78 is 0. The molecule has 0 aromatic heterocycles. The Hall–Kier alpha value is -1.06. The fourth-order valence-electron chi connectivity index (χ4n) is 1.70. The maximum Gasteiger partial charge on any atom is 0.138 e. The van der Waals surface area contributed by atoms with Crippen molar-refractivity contribution in [1.82, 2.24) is 0 Å². The quantitative estimate of drug-likeness (QED) is 0.828. The molecule has 1 aliphatic carbocycles. The fourth-order valence-corrected chi connectivity index (χ4v) is 2.00. The molecule has 0 unspecified atom stereocenters. The van der Waals surface area contributed by atoms with Crippen molar-refractivity contribution < 1.29 is 4.79 Å². The van der Waals surface area contributed by atoms with Crippen LogP contribution in [-0.2, 0) is 4.79 Å². The van der Waals surface area contributed by atoms with Gasteiger partial charge in [0.25, 0.3) is 0 Å². The zero-order valence-electron chi connectivity index (χ0n) is 9.17. The second-order valence-electron chi connectivity index (χ2n) is 3.99. The van der Waals surface area contributed by atoms with Gasteiger partial charge in [-0.15, -0.1) is 0 Å². The van der Waals surface area contributed by atoms with Crippen molar-refractivity contribution in [1.29, 1.82) is 0 Å². The molecule has 0 spiro atoms.